The fraction of sp³-hybridized carbons (Fsp3) is 0.0789. The Morgan fingerprint density at radius 2 is 1.32 bits per heavy atom. The predicted octanol–water partition coefficient (Wildman–Crippen LogP) is 10.4. The fourth-order valence-electron chi connectivity index (χ4n) is 6.46. The van der Waals surface area contributed by atoms with Crippen LogP contribution < -0.4 is 4.90 Å². The fourth-order valence-corrected chi connectivity index (χ4v) is 6.46. The minimum absolute atomic E-state index is 0.0805. The van der Waals surface area contributed by atoms with E-state index >= 15 is 0 Å². The molecule has 1 aliphatic rings. The van der Waals surface area contributed by atoms with Gasteiger partial charge in [0.15, 0.2) is 5.58 Å². The molecule has 0 atom stereocenters. The number of hydrogen-bond acceptors (Lipinski definition) is 3. The van der Waals surface area contributed by atoms with Crippen LogP contribution in [0.1, 0.15) is 25.0 Å². The Morgan fingerprint density at radius 3 is 2.15 bits per heavy atom. The second-order valence-corrected chi connectivity index (χ2v) is 11.2. The summed E-state index contributed by atoms with van der Waals surface area (Å²) in [5.41, 5.74) is 11.3. The summed E-state index contributed by atoms with van der Waals surface area (Å²) in [6.07, 6.45) is 0. The molecular weight excluding hydrogens is 500 g/mol. The van der Waals surface area contributed by atoms with E-state index in [0.29, 0.717) is 5.89 Å². The third kappa shape index (κ3) is 3.63. The standard InChI is InChI=1S/C38H28N2O/c1-38(2)32-18-10-9-16-28(32)29-21-20-27(24-33(29)38)40(26-14-7-4-8-15-26)35-19-11-17-31-30(35)22-23-34-36(31)41-37(39-34)25-12-5-3-6-13-25/h3-24H,1-2H3. The van der Waals surface area contributed by atoms with Crippen molar-refractivity contribution in [2.75, 3.05) is 4.90 Å². The Labute approximate surface area is 239 Å². The Morgan fingerprint density at radius 1 is 0.585 bits per heavy atom. The van der Waals surface area contributed by atoms with Gasteiger partial charge in [0.05, 0.1) is 5.69 Å². The molecule has 0 aliphatic heterocycles. The molecule has 0 radical (unpaired) electrons. The molecule has 8 rings (SSSR count). The third-order valence-electron chi connectivity index (χ3n) is 8.49. The Kier molecular flexibility index (Phi) is 5.17. The number of oxazole rings is 1. The molecule has 0 bridgehead atoms. The molecule has 1 aliphatic carbocycles. The highest BCUT2D eigenvalue weighted by molar-refractivity contribution is 6.10. The van der Waals surface area contributed by atoms with Crippen LogP contribution in [-0.4, -0.2) is 4.98 Å². The number of hydrogen-bond donors (Lipinski definition) is 0. The Hall–Kier alpha value is -5.15. The van der Waals surface area contributed by atoms with Crippen molar-refractivity contribution >= 4 is 38.9 Å². The van der Waals surface area contributed by atoms with Crippen LogP contribution in [0.4, 0.5) is 17.1 Å². The second-order valence-electron chi connectivity index (χ2n) is 11.2. The van der Waals surface area contributed by atoms with E-state index in [1.807, 2.05) is 30.3 Å². The number of aromatic nitrogens is 1. The average molecular weight is 529 g/mol. The van der Waals surface area contributed by atoms with Gasteiger partial charge in [-0.3, -0.25) is 0 Å². The van der Waals surface area contributed by atoms with E-state index in [9.17, 15) is 0 Å². The summed E-state index contributed by atoms with van der Waals surface area (Å²) in [6.45, 7) is 4.66. The van der Waals surface area contributed by atoms with Gasteiger partial charge in [0, 0.05) is 33.1 Å². The highest BCUT2D eigenvalue weighted by Gasteiger charge is 2.35. The number of anilines is 3. The SMILES string of the molecule is CC1(C)c2ccccc2-c2ccc(N(c3ccccc3)c3cccc4c3ccc3nc(-c5ccccc5)oc34)cc21. The van der Waals surface area contributed by atoms with Gasteiger partial charge < -0.3 is 9.32 Å². The smallest absolute Gasteiger partial charge is 0.227 e. The predicted molar refractivity (Wildman–Crippen MR) is 169 cm³/mol. The maximum atomic E-state index is 6.41. The largest absolute Gasteiger partial charge is 0.435 e. The van der Waals surface area contributed by atoms with E-state index in [1.54, 1.807) is 0 Å². The van der Waals surface area contributed by atoms with Gasteiger partial charge in [-0.2, -0.15) is 0 Å². The molecular formula is C38H28N2O. The number of nitrogens with zero attached hydrogens (tertiary/aromatic N) is 2. The Balaban J connectivity index is 1.34. The molecule has 6 aromatic carbocycles. The van der Waals surface area contributed by atoms with Crippen molar-refractivity contribution in [1.29, 1.82) is 0 Å². The molecule has 0 amide bonds. The number of fused-ring (bicyclic) bond motifs is 6. The molecule has 3 heteroatoms. The van der Waals surface area contributed by atoms with E-state index in [1.165, 1.54) is 22.3 Å². The van der Waals surface area contributed by atoms with Crippen molar-refractivity contribution in [3.63, 3.8) is 0 Å². The van der Waals surface area contributed by atoms with Crippen molar-refractivity contribution in [1.82, 2.24) is 4.98 Å². The Bertz CT molecular complexity index is 2070. The summed E-state index contributed by atoms with van der Waals surface area (Å²) < 4.78 is 6.41. The first-order valence-corrected chi connectivity index (χ1v) is 14.1. The first kappa shape index (κ1) is 23.7. The molecule has 0 saturated heterocycles. The average Bonchev–Trinajstić information content (AvgIpc) is 3.56. The summed E-state index contributed by atoms with van der Waals surface area (Å²) in [7, 11) is 0. The molecule has 3 nitrogen and oxygen atoms in total. The van der Waals surface area contributed by atoms with Crippen LogP contribution in [0.25, 0.3) is 44.5 Å². The minimum atomic E-state index is -0.0805. The highest BCUT2D eigenvalue weighted by Crippen LogP contribution is 2.51. The number of rotatable bonds is 4. The van der Waals surface area contributed by atoms with Crippen molar-refractivity contribution < 1.29 is 4.42 Å². The molecule has 1 aromatic heterocycles. The van der Waals surface area contributed by atoms with E-state index in [4.69, 9.17) is 9.40 Å². The van der Waals surface area contributed by atoms with Gasteiger partial charge in [-0.1, -0.05) is 92.7 Å². The van der Waals surface area contributed by atoms with E-state index in [-0.39, 0.29) is 5.41 Å². The highest BCUT2D eigenvalue weighted by atomic mass is 16.3. The molecule has 0 N–H and O–H groups in total. The van der Waals surface area contributed by atoms with Crippen LogP contribution in [0.3, 0.4) is 0 Å². The quantitative estimate of drug-likeness (QED) is 0.228. The summed E-state index contributed by atoms with van der Waals surface area (Å²) in [5.74, 6) is 0.638. The van der Waals surface area contributed by atoms with Crippen molar-refractivity contribution in [2.24, 2.45) is 0 Å². The zero-order valence-electron chi connectivity index (χ0n) is 23.0. The van der Waals surface area contributed by atoms with Gasteiger partial charge in [-0.15, -0.1) is 0 Å². The molecule has 7 aromatic rings. The van der Waals surface area contributed by atoms with Gasteiger partial charge in [-0.05, 0) is 76.9 Å². The summed E-state index contributed by atoms with van der Waals surface area (Å²) in [4.78, 5) is 7.18. The third-order valence-corrected chi connectivity index (χ3v) is 8.49. The van der Waals surface area contributed by atoms with Crippen LogP contribution in [0.5, 0.6) is 0 Å². The first-order valence-electron chi connectivity index (χ1n) is 14.1. The van der Waals surface area contributed by atoms with Crippen LogP contribution in [0.15, 0.2) is 138 Å². The summed E-state index contributed by atoms with van der Waals surface area (Å²) in [6, 6.07) is 47.1. The molecule has 0 fully saturated rings. The van der Waals surface area contributed by atoms with Crippen molar-refractivity contribution in [3.8, 4) is 22.6 Å². The van der Waals surface area contributed by atoms with Gasteiger partial charge in [0.1, 0.15) is 5.52 Å². The monoisotopic (exact) mass is 528 g/mol. The van der Waals surface area contributed by atoms with Crippen LogP contribution in [0.2, 0.25) is 0 Å². The first-order chi connectivity index (χ1) is 20.1. The van der Waals surface area contributed by atoms with Crippen molar-refractivity contribution in [2.45, 2.75) is 19.3 Å². The van der Waals surface area contributed by atoms with Crippen LogP contribution in [-0.2, 0) is 5.41 Å². The molecule has 41 heavy (non-hydrogen) atoms. The molecule has 0 spiro atoms. The van der Waals surface area contributed by atoms with Gasteiger partial charge in [0.25, 0.3) is 0 Å². The molecule has 1 heterocycles. The van der Waals surface area contributed by atoms with Crippen LogP contribution in [0, 0.1) is 0 Å². The van der Waals surface area contributed by atoms with Gasteiger partial charge in [-0.25, -0.2) is 4.98 Å². The number of para-hydroxylation sites is 1. The minimum Gasteiger partial charge on any atom is -0.435 e. The van der Waals surface area contributed by atoms with E-state index in [2.05, 4.69) is 122 Å². The second kappa shape index (κ2) is 8.94. The summed E-state index contributed by atoms with van der Waals surface area (Å²) in [5, 5.41) is 2.16. The van der Waals surface area contributed by atoms with Gasteiger partial charge >= 0.3 is 0 Å². The topological polar surface area (TPSA) is 29.3 Å². The maximum Gasteiger partial charge on any atom is 0.227 e. The number of benzene rings is 6. The normalized spacial score (nSPS) is 13.3. The summed E-state index contributed by atoms with van der Waals surface area (Å²) >= 11 is 0. The zero-order chi connectivity index (χ0) is 27.6. The zero-order valence-corrected chi connectivity index (χ0v) is 23.0. The lowest BCUT2D eigenvalue weighted by atomic mass is 9.82. The molecule has 0 unspecified atom stereocenters. The van der Waals surface area contributed by atoms with E-state index in [0.717, 1.165) is 44.5 Å². The molecule has 0 saturated carbocycles. The lowest BCUT2D eigenvalue weighted by Crippen LogP contribution is -2.16. The maximum absolute atomic E-state index is 6.41. The molecule has 196 valence electrons. The lowest BCUT2D eigenvalue weighted by molar-refractivity contribution is 0.623. The lowest BCUT2D eigenvalue weighted by Gasteiger charge is -2.29. The van der Waals surface area contributed by atoms with E-state index < -0.39 is 0 Å². The van der Waals surface area contributed by atoms with Gasteiger partial charge in [0.2, 0.25) is 5.89 Å². The van der Waals surface area contributed by atoms with Crippen molar-refractivity contribution in [3.05, 3.63) is 145 Å². The van der Waals surface area contributed by atoms with Crippen LogP contribution >= 0.6 is 0 Å².